The van der Waals surface area contributed by atoms with E-state index in [0.29, 0.717) is 20.3 Å². The van der Waals surface area contributed by atoms with E-state index in [1.165, 1.54) is 11.8 Å². The van der Waals surface area contributed by atoms with Gasteiger partial charge in [0.2, 0.25) is 0 Å². The van der Waals surface area contributed by atoms with E-state index < -0.39 is 0 Å². The number of aromatic nitrogens is 2. The molecule has 4 nitrogen and oxygen atoms in total. The van der Waals surface area contributed by atoms with Crippen molar-refractivity contribution in [3.63, 3.8) is 0 Å². The number of aryl methyl sites for hydroxylation is 1. The van der Waals surface area contributed by atoms with Crippen LogP contribution in [-0.4, -0.2) is 20.0 Å². The summed E-state index contributed by atoms with van der Waals surface area (Å²) in [5, 5.41) is 5.04. The lowest BCUT2D eigenvalue weighted by molar-refractivity contribution is -0.113. The third-order valence-corrected chi connectivity index (χ3v) is 5.43. The number of thiocarbonyl (C=S) groups is 1. The van der Waals surface area contributed by atoms with Crippen molar-refractivity contribution in [2.45, 2.75) is 27.3 Å². The normalized spacial score (nSPS) is 16.5. The van der Waals surface area contributed by atoms with E-state index in [-0.39, 0.29) is 5.91 Å². The van der Waals surface area contributed by atoms with Gasteiger partial charge in [-0.2, -0.15) is 5.10 Å². The van der Waals surface area contributed by atoms with Gasteiger partial charge >= 0.3 is 0 Å². The molecule has 25 heavy (non-hydrogen) atoms. The minimum absolute atomic E-state index is 0.131. The number of anilines is 1. The first-order valence-electron chi connectivity index (χ1n) is 7.94. The zero-order chi connectivity index (χ0) is 18.1. The zero-order valence-corrected chi connectivity index (χ0v) is 16.6. The average molecular weight is 392 g/mol. The van der Waals surface area contributed by atoms with E-state index >= 15 is 0 Å². The Morgan fingerprint density at radius 3 is 2.64 bits per heavy atom. The number of rotatable bonds is 4. The molecule has 1 aliphatic rings. The molecule has 0 unspecified atom stereocenters. The lowest BCUT2D eigenvalue weighted by atomic mass is 10.2. The van der Waals surface area contributed by atoms with Crippen molar-refractivity contribution in [3.8, 4) is 0 Å². The quantitative estimate of drug-likeness (QED) is 0.548. The Hall–Kier alpha value is -1.63. The predicted molar refractivity (Wildman–Crippen MR) is 109 cm³/mol. The molecule has 1 amide bonds. The lowest BCUT2D eigenvalue weighted by Crippen LogP contribution is -2.27. The summed E-state index contributed by atoms with van der Waals surface area (Å²) in [6.07, 6.45) is 1.80. The van der Waals surface area contributed by atoms with E-state index in [1.807, 2.05) is 37.3 Å². The van der Waals surface area contributed by atoms with Gasteiger partial charge in [0.1, 0.15) is 5.15 Å². The first-order chi connectivity index (χ1) is 11.9. The van der Waals surface area contributed by atoms with Crippen LogP contribution in [0.5, 0.6) is 0 Å². The van der Waals surface area contributed by atoms with Gasteiger partial charge in [0.05, 0.1) is 16.3 Å². The average Bonchev–Trinajstić information content (AvgIpc) is 2.98. The minimum atomic E-state index is -0.131. The Morgan fingerprint density at radius 1 is 1.32 bits per heavy atom. The maximum Gasteiger partial charge on any atom is 0.270 e. The summed E-state index contributed by atoms with van der Waals surface area (Å²) in [6.45, 7) is 6.85. The first kappa shape index (κ1) is 18.2. The van der Waals surface area contributed by atoms with Crippen LogP contribution >= 0.6 is 35.6 Å². The summed E-state index contributed by atoms with van der Waals surface area (Å²) in [5.41, 5.74) is 2.35. The van der Waals surface area contributed by atoms with Crippen LogP contribution in [0.2, 0.25) is 5.15 Å². The van der Waals surface area contributed by atoms with Crippen LogP contribution in [0, 0.1) is 12.8 Å². The highest BCUT2D eigenvalue weighted by molar-refractivity contribution is 8.27. The van der Waals surface area contributed by atoms with Gasteiger partial charge in [-0.05, 0) is 31.1 Å². The van der Waals surface area contributed by atoms with E-state index in [0.717, 1.165) is 23.5 Å². The fourth-order valence-corrected chi connectivity index (χ4v) is 4.18. The summed E-state index contributed by atoms with van der Waals surface area (Å²) in [7, 11) is 0. The van der Waals surface area contributed by atoms with Crippen molar-refractivity contribution < 1.29 is 4.79 Å². The van der Waals surface area contributed by atoms with Crippen LogP contribution in [-0.2, 0) is 11.3 Å². The van der Waals surface area contributed by atoms with Gasteiger partial charge < -0.3 is 0 Å². The van der Waals surface area contributed by atoms with E-state index in [4.69, 9.17) is 23.8 Å². The van der Waals surface area contributed by atoms with Crippen LogP contribution < -0.4 is 4.90 Å². The number of hydrogen-bond donors (Lipinski definition) is 0. The molecule has 0 saturated carbocycles. The van der Waals surface area contributed by atoms with Gasteiger partial charge in [0.15, 0.2) is 4.32 Å². The topological polar surface area (TPSA) is 38.1 Å². The van der Waals surface area contributed by atoms with Gasteiger partial charge in [-0.15, -0.1) is 0 Å². The van der Waals surface area contributed by atoms with Crippen molar-refractivity contribution in [3.05, 3.63) is 51.6 Å². The summed E-state index contributed by atoms with van der Waals surface area (Å²) in [6, 6.07) is 9.41. The first-order valence-corrected chi connectivity index (χ1v) is 9.54. The van der Waals surface area contributed by atoms with Crippen LogP contribution in [0.4, 0.5) is 5.69 Å². The molecule has 2 aromatic rings. The number of hydrogen-bond acceptors (Lipinski definition) is 4. The number of thioether (sulfide) groups is 1. The number of carbonyl (C=O) groups is 1. The highest BCUT2D eigenvalue weighted by Gasteiger charge is 2.33. The van der Waals surface area contributed by atoms with Gasteiger partial charge in [0, 0.05) is 12.1 Å². The van der Waals surface area contributed by atoms with E-state index in [2.05, 4.69) is 18.9 Å². The molecule has 0 bridgehead atoms. The Kier molecular flexibility index (Phi) is 5.32. The van der Waals surface area contributed by atoms with E-state index in [1.54, 1.807) is 15.7 Å². The second-order valence-corrected chi connectivity index (χ2v) is 8.25. The molecule has 0 aliphatic carbocycles. The van der Waals surface area contributed by atoms with Gasteiger partial charge in [-0.3, -0.25) is 14.4 Å². The zero-order valence-electron chi connectivity index (χ0n) is 14.2. The molecular formula is C18H18ClN3OS2. The highest BCUT2D eigenvalue weighted by Crippen LogP contribution is 2.37. The van der Waals surface area contributed by atoms with Crippen molar-refractivity contribution in [1.29, 1.82) is 0 Å². The summed E-state index contributed by atoms with van der Waals surface area (Å²) in [5.74, 6) is 0.300. The van der Waals surface area contributed by atoms with E-state index in [9.17, 15) is 4.79 Å². The maximum atomic E-state index is 12.8. The molecule has 1 aliphatic heterocycles. The summed E-state index contributed by atoms with van der Waals surface area (Å²) < 4.78 is 2.30. The SMILES string of the molecule is Cc1nn(CC(C)C)c(Cl)c1/C=C1\SC(=S)N(c2ccccc2)C1=O. The molecule has 7 heteroatoms. The molecule has 0 radical (unpaired) electrons. The third kappa shape index (κ3) is 3.66. The molecule has 0 N–H and O–H groups in total. The van der Waals surface area contributed by atoms with Crippen LogP contribution in [0.15, 0.2) is 35.2 Å². The number of amides is 1. The lowest BCUT2D eigenvalue weighted by Gasteiger charge is -2.13. The molecule has 0 spiro atoms. The predicted octanol–water partition coefficient (Wildman–Crippen LogP) is 4.91. The molecule has 130 valence electrons. The molecular weight excluding hydrogens is 374 g/mol. The number of carbonyl (C=O) groups excluding carboxylic acids is 1. The fourth-order valence-electron chi connectivity index (χ4n) is 2.60. The largest absolute Gasteiger partial charge is 0.270 e. The van der Waals surface area contributed by atoms with Crippen molar-refractivity contribution in [2.75, 3.05) is 4.90 Å². The monoisotopic (exact) mass is 391 g/mol. The molecule has 2 heterocycles. The Morgan fingerprint density at radius 2 is 2.00 bits per heavy atom. The van der Waals surface area contributed by atoms with Crippen LogP contribution in [0.25, 0.3) is 6.08 Å². The van der Waals surface area contributed by atoms with Crippen LogP contribution in [0.1, 0.15) is 25.1 Å². The van der Waals surface area contributed by atoms with Crippen molar-refractivity contribution >= 4 is 57.6 Å². The second-order valence-electron chi connectivity index (χ2n) is 6.22. The highest BCUT2D eigenvalue weighted by atomic mass is 35.5. The van der Waals surface area contributed by atoms with Crippen molar-refractivity contribution in [2.24, 2.45) is 5.92 Å². The molecule has 1 saturated heterocycles. The standard InChI is InChI=1S/C18H18ClN3OS2/c1-11(2)10-21-16(19)14(12(3)20-21)9-15-17(23)22(18(24)25-15)13-7-5-4-6-8-13/h4-9,11H,10H2,1-3H3/b15-9-. The fraction of sp³-hybridized carbons (Fsp3) is 0.278. The molecule has 0 atom stereocenters. The van der Waals surface area contributed by atoms with Gasteiger partial charge in [0.25, 0.3) is 5.91 Å². The Bertz CT molecular complexity index is 859. The third-order valence-electron chi connectivity index (χ3n) is 3.73. The number of para-hydroxylation sites is 1. The van der Waals surface area contributed by atoms with Gasteiger partial charge in [-0.1, -0.05) is 67.6 Å². The van der Waals surface area contributed by atoms with Crippen molar-refractivity contribution in [1.82, 2.24) is 9.78 Å². The Balaban J connectivity index is 1.94. The number of nitrogens with zero attached hydrogens (tertiary/aromatic N) is 3. The molecule has 3 rings (SSSR count). The number of benzene rings is 1. The van der Waals surface area contributed by atoms with Gasteiger partial charge in [-0.25, -0.2) is 0 Å². The summed E-state index contributed by atoms with van der Waals surface area (Å²) >= 11 is 13.2. The molecule has 1 aromatic heterocycles. The Labute approximate surface area is 161 Å². The molecule has 1 fully saturated rings. The second kappa shape index (κ2) is 7.32. The summed E-state index contributed by atoms with van der Waals surface area (Å²) in [4.78, 5) is 14.9. The van der Waals surface area contributed by atoms with Crippen LogP contribution in [0.3, 0.4) is 0 Å². The number of halogens is 1. The smallest absolute Gasteiger partial charge is 0.268 e. The minimum Gasteiger partial charge on any atom is -0.268 e. The molecule has 1 aromatic carbocycles. The maximum absolute atomic E-state index is 12.8.